The van der Waals surface area contributed by atoms with Gasteiger partial charge in [-0.15, -0.1) is 0 Å². The van der Waals surface area contributed by atoms with Crippen molar-refractivity contribution >= 4 is 83.8 Å². The van der Waals surface area contributed by atoms with Crippen molar-refractivity contribution in [2.24, 2.45) is 5.10 Å². The molecular formula is C29H26Br2Cl2N4O4. The van der Waals surface area contributed by atoms with E-state index >= 15 is 0 Å². The van der Waals surface area contributed by atoms with E-state index in [9.17, 15) is 9.59 Å². The quantitative estimate of drug-likeness (QED) is 0.167. The lowest BCUT2D eigenvalue weighted by atomic mass is 10.1. The van der Waals surface area contributed by atoms with Crippen LogP contribution in [-0.2, 0) is 4.79 Å². The monoisotopic (exact) mass is 722 g/mol. The van der Waals surface area contributed by atoms with Gasteiger partial charge in [-0.25, -0.2) is 4.98 Å². The van der Waals surface area contributed by atoms with E-state index in [0.29, 0.717) is 49.8 Å². The Labute approximate surface area is 263 Å². The molecule has 0 saturated carbocycles. The maximum absolute atomic E-state index is 13.5. The third kappa shape index (κ3) is 7.30. The highest BCUT2D eigenvalue weighted by atomic mass is 79.9. The number of carbonyl (C=O) groups excluding carboxylic acids is 1. The average Bonchev–Trinajstić information content (AvgIpc) is 2.95. The first-order valence-electron chi connectivity index (χ1n) is 12.7. The number of ether oxygens (including phenoxy) is 2. The number of nitrogens with one attached hydrogen (secondary N) is 1. The van der Waals surface area contributed by atoms with Gasteiger partial charge in [0.15, 0.2) is 18.1 Å². The summed E-state index contributed by atoms with van der Waals surface area (Å²) in [6, 6.07) is 13.8. The highest BCUT2D eigenvalue weighted by Crippen LogP contribution is 2.42. The topological polar surface area (TPSA) is 94.8 Å². The number of hydrogen-bond acceptors (Lipinski definition) is 6. The molecule has 0 spiro atoms. The van der Waals surface area contributed by atoms with Gasteiger partial charge in [-0.05, 0) is 77.8 Å². The summed E-state index contributed by atoms with van der Waals surface area (Å²) in [4.78, 5) is 30.7. The van der Waals surface area contributed by atoms with E-state index in [1.807, 2.05) is 26.8 Å². The molecule has 4 aromatic rings. The molecule has 12 heteroatoms. The summed E-state index contributed by atoms with van der Waals surface area (Å²) in [6.45, 7) is 5.85. The van der Waals surface area contributed by atoms with Crippen LogP contribution in [0.4, 0.5) is 5.69 Å². The normalized spacial score (nSPS) is 12.1. The van der Waals surface area contributed by atoms with Crippen molar-refractivity contribution < 1.29 is 14.3 Å². The van der Waals surface area contributed by atoms with Crippen LogP contribution in [0.25, 0.3) is 10.9 Å². The summed E-state index contributed by atoms with van der Waals surface area (Å²) in [6.07, 6.45) is 2.28. The Hall–Kier alpha value is -2.92. The van der Waals surface area contributed by atoms with Gasteiger partial charge in [0.25, 0.3) is 11.5 Å². The molecule has 0 radical (unpaired) electrons. The predicted molar refractivity (Wildman–Crippen MR) is 171 cm³/mol. The Morgan fingerprint density at radius 1 is 1.12 bits per heavy atom. The lowest BCUT2D eigenvalue weighted by molar-refractivity contribution is -0.118. The van der Waals surface area contributed by atoms with Crippen LogP contribution in [0.3, 0.4) is 0 Å². The Morgan fingerprint density at radius 2 is 1.85 bits per heavy atom. The third-order valence-electron chi connectivity index (χ3n) is 6.13. The van der Waals surface area contributed by atoms with Gasteiger partial charge in [-0.3, -0.25) is 9.59 Å². The Bertz CT molecular complexity index is 1680. The molecule has 1 aromatic heterocycles. The molecule has 41 heavy (non-hydrogen) atoms. The molecule has 214 valence electrons. The first kappa shape index (κ1) is 31.0. The summed E-state index contributed by atoms with van der Waals surface area (Å²) in [7, 11) is 0. The average molecular weight is 725 g/mol. The Morgan fingerprint density at radius 3 is 2.54 bits per heavy atom. The van der Waals surface area contributed by atoms with E-state index in [1.54, 1.807) is 42.5 Å². The fraction of sp³-hybridized carbons (Fsp3) is 0.241. The van der Waals surface area contributed by atoms with Gasteiger partial charge in [0.1, 0.15) is 10.8 Å². The molecule has 0 bridgehead atoms. The molecule has 1 N–H and O–H groups in total. The van der Waals surface area contributed by atoms with Crippen molar-refractivity contribution in [3.05, 3.63) is 89.3 Å². The second kappa shape index (κ2) is 13.8. The summed E-state index contributed by atoms with van der Waals surface area (Å²) in [5.74, 6) is 0.645. The number of benzene rings is 3. The number of rotatable bonds is 10. The van der Waals surface area contributed by atoms with Crippen molar-refractivity contribution in [3.63, 3.8) is 0 Å². The highest BCUT2D eigenvalue weighted by molar-refractivity contribution is 9.10. The molecule has 1 heterocycles. The number of halogens is 4. The molecule has 0 aliphatic rings. The number of amides is 1. The van der Waals surface area contributed by atoms with Crippen LogP contribution >= 0.6 is 55.1 Å². The molecule has 0 saturated heterocycles. The van der Waals surface area contributed by atoms with Crippen molar-refractivity contribution in [1.82, 2.24) is 9.66 Å². The van der Waals surface area contributed by atoms with Crippen LogP contribution in [0, 0.1) is 0 Å². The van der Waals surface area contributed by atoms with Crippen LogP contribution in [0.15, 0.2) is 67.4 Å². The van der Waals surface area contributed by atoms with Gasteiger partial charge >= 0.3 is 0 Å². The van der Waals surface area contributed by atoms with Gasteiger partial charge in [-0.2, -0.15) is 9.78 Å². The van der Waals surface area contributed by atoms with Gasteiger partial charge < -0.3 is 14.8 Å². The predicted octanol–water partition coefficient (Wildman–Crippen LogP) is 8.04. The molecule has 4 rings (SSSR count). The van der Waals surface area contributed by atoms with Crippen molar-refractivity contribution in [1.29, 1.82) is 0 Å². The molecule has 8 nitrogen and oxygen atoms in total. The van der Waals surface area contributed by atoms with Crippen molar-refractivity contribution in [3.8, 4) is 11.5 Å². The second-order valence-electron chi connectivity index (χ2n) is 9.00. The number of aromatic nitrogens is 2. The van der Waals surface area contributed by atoms with Crippen molar-refractivity contribution in [2.45, 2.75) is 33.1 Å². The van der Waals surface area contributed by atoms with Crippen LogP contribution < -0.4 is 20.3 Å². The summed E-state index contributed by atoms with van der Waals surface area (Å²) < 4.78 is 14.1. The SMILES string of the molecule is CCOc1cc(C=Nn2c([C@H](C)CC)nc3ccc(Br)cc3c2=O)c(Br)c(Cl)c1OCC(=O)Nc1ccc(Cl)cc1. The largest absolute Gasteiger partial charge is 0.490 e. The van der Waals surface area contributed by atoms with Crippen molar-refractivity contribution in [2.75, 3.05) is 18.5 Å². The molecule has 3 aromatic carbocycles. The smallest absolute Gasteiger partial charge is 0.282 e. The minimum atomic E-state index is -0.389. The fourth-order valence-corrected chi connectivity index (χ4v) is 5.00. The number of carbonyl (C=O) groups is 1. The standard InChI is InChI=1S/C29H26Br2Cl2N4O4/c1-4-16(3)28-36-22-11-6-18(30)13-21(22)29(39)37(28)34-14-17-12-23(40-5-2)27(26(33)25(17)31)41-15-24(38)35-20-9-7-19(32)8-10-20/h6-14,16H,4-5,15H2,1-3H3,(H,35,38)/t16-/m1/s1. The minimum absolute atomic E-state index is 0.0197. The third-order valence-corrected chi connectivity index (χ3v) is 8.32. The zero-order valence-corrected chi connectivity index (χ0v) is 27.1. The molecule has 0 fully saturated rings. The van der Waals surface area contributed by atoms with E-state index in [-0.39, 0.29) is 34.8 Å². The van der Waals surface area contributed by atoms with Crippen LogP contribution in [-0.4, -0.2) is 35.0 Å². The summed E-state index contributed by atoms with van der Waals surface area (Å²) >= 11 is 19.5. The van der Waals surface area contributed by atoms with E-state index in [2.05, 4.69) is 42.3 Å². The first-order chi connectivity index (χ1) is 19.6. The highest BCUT2D eigenvalue weighted by Gasteiger charge is 2.20. The van der Waals surface area contributed by atoms with E-state index in [4.69, 9.17) is 37.7 Å². The molecular weight excluding hydrogens is 699 g/mol. The van der Waals surface area contributed by atoms with Gasteiger partial charge in [-0.1, -0.05) is 53.0 Å². The van der Waals surface area contributed by atoms with Gasteiger partial charge in [0, 0.05) is 31.1 Å². The zero-order chi connectivity index (χ0) is 29.7. The molecule has 1 atom stereocenters. The van der Waals surface area contributed by atoms with Crippen LogP contribution in [0.2, 0.25) is 10.0 Å². The number of hydrogen-bond donors (Lipinski definition) is 1. The Balaban J connectivity index is 1.67. The first-order valence-corrected chi connectivity index (χ1v) is 15.1. The molecule has 0 aliphatic heterocycles. The summed E-state index contributed by atoms with van der Waals surface area (Å²) in [5, 5.41) is 8.45. The van der Waals surface area contributed by atoms with Crippen LogP contribution in [0.1, 0.15) is 44.5 Å². The maximum Gasteiger partial charge on any atom is 0.282 e. The number of nitrogens with zero attached hydrogens (tertiary/aromatic N) is 3. The van der Waals surface area contributed by atoms with Crippen LogP contribution in [0.5, 0.6) is 11.5 Å². The second-order valence-corrected chi connectivity index (χ2v) is 11.5. The van der Waals surface area contributed by atoms with Gasteiger partial charge in [0.05, 0.1) is 23.7 Å². The Kier molecular flexibility index (Phi) is 10.5. The minimum Gasteiger partial charge on any atom is -0.490 e. The maximum atomic E-state index is 13.5. The number of fused-ring (bicyclic) bond motifs is 1. The molecule has 0 unspecified atom stereocenters. The number of anilines is 1. The lowest BCUT2D eigenvalue weighted by Crippen LogP contribution is -2.23. The van der Waals surface area contributed by atoms with E-state index in [1.165, 1.54) is 10.9 Å². The lowest BCUT2D eigenvalue weighted by Gasteiger charge is -2.16. The molecule has 0 aliphatic carbocycles. The van der Waals surface area contributed by atoms with E-state index < -0.39 is 0 Å². The summed E-state index contributed by atoms with van der Waals surface area (Å²) in [5.41, 5.74) is 1.42. The van der Waals surface area contributed by atoms with E-state index in [0.717, 1.165) is 10.9 Å². The zero-order valence-electron chi connectivity index (χ0n) is 22.4. The van der Waals surface area contributed by atoms with Gasteiger partial charge in [0.2, 0.25) is 0 Å². The molecule has 1 amide bonds. The fourth-order valence-electron chi connectivity index (χ4n) is 3.86.